The van der Waals surface area contributed by atoms with Gasteiger partial charge in [0.15, 0.2) is 0 Å². The molecule has 0 radical (unpaired) electrons. The maximum Gasteiger partial charge on any atom is 0.326 e. The number of rotatable bonds is 3. The number of hydrogen-bond donors (Lipinski definition) is 2. The van der Waals surface area contributed by atoms with E-state index < -0.39 is 18.1 Å². The average Bonchev–Trinajstić information content (AvgIpc) is 3.05. The second-order valence-corrected chi connectivity index (χ2v) is 4.98. The third-order valence-electron chi connectivity index (χ3n) is 3.85. The van der Waals surface area contributed by atoms with Crippen molar-refractivity contribution in [1.29, 1.82) is 0 Å². The predicted octanol–water partition coefficient (Wildman–Crippen LogP) is -0.988. The molecule has 2 rings (SSSR count). The summed E-state index contributed by atoms with van der Waals surface area (Å²) in [5.41, 5.74) is 5.33. The molecule has 7 heteroatoms. The molecule has 2 amide bonds. The van der Waals surface area contributed by atoms with E-state index in [0.717, 1.165) is 6.42 Å². The second kappa shape index (κ2) is 5.56. The summed E-state index contributed by atoms with van der Waals surface area (Å²) in [5.74, 6) is -1.47. The molecular weight excluding hydrogens is 251 g/mol. The molecule has 2 heterocycles. The molecule has 0 spiro atoms. The Bertz CT molecular complexity index is 398. The standard InChI is InChI=1S/C12H19N3O4/c13-7-10(16)14-5-1-3-8(14)11(17)15-6-2-4-9(15)12(18)19/h8-9H,1-7,13H2,(H,18,19)/t8-,9-/m0/s1/i10+1. The number of carbonyl (C=O) groups is 3. The molecule has 3 N–H and O–H groups in total. The van der Waals surface area contributed by atoms with E-state index in [1.807, 2.05) is 0 Å². The van der Waals surface area contributed by atoms with Crippen molar-refractivity contribution in [2.24, 2.45) is 5.73 Å². The van der Waals surface area contributed by atoms with E-state index in [1.54, 1.807) is 0 Å². The number of likely N-dealkylation sites (tertiary alicyclic amines) is 2. The first kappa shape index (κ1) is 13.8. The van der Waals surface area contributed by atoms with Gasteiger partial charge in [0.25, 0.3) is 0 Å². The second-order valence-electron chi connectivity index (χ2n) is 4.98. The Morgan fingerprint density at radius 2 is 1.63 bits per heavy atom. The number of carboxylic acid groups (broad SMARTS) is 1. The summed E-state index contributed by atoms with van der Waals surface area (Å²) < 4.78 is 0. The maximum atomic E-state index is 12.4. The van der Waals surface area contributed by atoms with Gasteiger partial charge in [0.05, 0.1) is 6.54 Å². The van der Waals surface area contributed by atoms with Crippen molar-refractivity contribution < 1.29 is 19.5 Å². The minimum absolute atomic E-state index is 0.119. The molecule has 0 aromatic heterocycles. The smallest absolute Gasteiger partial charge is 0.326 e. The van der Waals surface area contributed by atoms with Gasteiger partial charge in [0.1, 0.15) is 12.1 Å². The third-order valence-corrected chi connectivity index (χ3v) is 3.85. The zero-order valence-corrected chi connectivity index (χ0v) is 10.7. The average molecular weight is 270 g/mol. The highest BCUT2D eigenvalue weighted by Gasteiger charge is 2.41. The zero-order chi connectivity index (χ0) is 14.0. The molecule has 2 atom stereocenters. The van der Waals surface area contributed by atoms with Crippen LogP contribution in [0.4, 0.5) is 0 Å². The molecule has 0 unspecified atom stereocenters. The van der Waals surface area contributed by atoms with Gasteiger partial charge in [0.2, 0.25) is 11.8 Å². The highest BCUT2D eigenvalue weighted by atomic mass is 16.4. The summed E-state index contributed by atoms with van der Waals surface area (Å²) in [6, 6.07) is -1.28. The molecule has 2 aliphatic heterocycles. The molecule has 2 fully saturated rings. The van der Waals surface area contributed by atoms with E-state index in [4.69, 9.17) is 10.8 Å². The Balaban J connectivity index is 2.10. The highest BCUT2D eigenvalue weighted by Crippen LogP contribution is 2.24. The lowest BCUT2D eigenvalue weighted by Gasteiger charge is -2.29. The molecule has 2 aliphatic rings. The molecule has 0 aromatic carbocycles. The van der Waals surface area contributed by atoms with E-state index in [2.05, 4.69) is 0 Å². The molecule has 0 aliphatic carbocycles. The summed E-state index contributed by atoms with van der Waals surface area (Å²) in [6.45, 7) is 0.862. The Labute approximate surface area is 111 Å². The monoisotopic (exact) mass is 270 g/mol. The Morgan fingerprint density at radius 3 is 2.21 bits per heavy atom. The van der Waals surface area contributed by atoms with Gasteiger partial charge in [-0.05, 0) is 25.7 Å². The number of nitrogens with two attached hydrogens (primary N) is 1. The van der Waals surface area contributed by atoms with Gasteiger partial charge in [-0.3, -0.25) is 9.59 Å². The van der Waals surface area contributed by atoms with E-state index in [0.29, 0.717) is 32.4 Å². The van der Waals surface area contributed by atoms with Crippen LogP contribution in [0.25, 0.3) is 0 Å². The Hall–Kier alpha value is -1.63. The number of carbonyl (C=O) groups excluding carboxylic acids is 2. The van der Waals surface area contributed by atoms with E-state index >= 15 is 0 Å². The van der Waals surface area contributed by atoms with Crippen LogP contribution >= 0.6 is 0 Å². The van der Waals surface area contributed by atoms with Crippen LogP contribution in [-0.2, 0) is 14.4 Å². The minimum Gasteiger partial charge on any atom is -0.480 e. The van der Waals surface area contributed by atoms with Crippen LogP contribution in [0.15, 0.2) is 0 Å². The van der Waals surface area contributed by atoms with Crippen molar-refractivity contribution in [1.82, 2.24) is 9.80 Å². The highest BCUT2D eigenvalue weighted by molar-refractivity contribution is 5.91. The van der Waals surface area contributed by atoms with Crippen LogP contribution in [0.5, 0.6) is 0 Å². The van der Waals surface area contributed by atoms with Crippen molar-refractivity contribution >= 4 is 17.8 Å². The van der Waals surface area contributed by atoms with Crippen molar-refractivity contribution in [3.8, 4) is 0 Å². The summed E-state index contributed by atoms with van der Waals surface area (Å²) in [7, 11) is 0. The van der Waals surface area contributed by atoms with Gasteiger partial charge < -0.3 is 20.6 Å². The molecule has 2 saturated heterocycles. The Kier molecular flexibility index (Phi) is 4.04. The lowest BCUT2D eigenvalue weighted by molar-refractivity contribution is -0.151. The van der Waals surface area contributed by atoms with Gasteiger partial charge in [-0.1, -0.05) is 0 Å². The van der Waals surface area contributed by atoms with Crippen LogP contribution < -0.4 is 5.73 Å². The first-order valence-corrected chi connectivity index (χ1v) is 6.59. The van der Waals surface area contributed by atoms with Crippen LogP contribution in [-0.4, -0.2) is 64.4 Å². The van der Waals surface area contributed by atoms with Gasteiger partial charge in [-0.15, -0.1) is 0 Å². The van der Waals surface area contributed by atoms with Crippen LogP contribution in [0.3, 0.4) is 0 Å². The number of carboxylic acids is 1. The van der Waals surface area contributed by atoms with Gasteiger partial charge in [-0.25, -0.2) is 4.79 Å². The molecular formula is C12H19N3O4. The molecule has 0 saturated carbocycles. The first-order valence-electron chi connectivity index (χ1n) is 6.59. The van der Waals surface area contributed by atoms with Crippen LogP contribution in [0.1, 0.15) is 25.7 Å². The summed E-state index contributed by atoms with van der Waals surface area (Å²) in [4.78, 5) is 38.1. The topological polar surface area (TPSA) is 104 Å². The van der Waals surface area contributed by atoms with Crippen molar-refractivity contribution in [2.75, 3.05) is 19.6 Å². The molecule has 7 nitrogen and oxygen atoms in total. The largest absolute Gasteiger partial charge is 0.480 e. The number of hydrogen-bond acceptors (Lipinski definition) is 4. The van der Waals surface area contributed by atoms with Gasteiger partial charge in [0, 0.05) is 13.1 Å². The number of amides is 2. The Morgan fingerprint density at radius 1 is 1.05 bits per heavy atom. The fourth-order valence-electron chi connectivity index (χ4n) is 2.92. The molecule has 0 bridgehead atoms. The maximum absolute atomic E-state index is 12.4. The van der Waals surface area contributed by atoms with Crippen molar-refractivity contribution in [3.63, 3.8) is 0 Å². The van der Waals surface area contributed by atoms with E-state index in [9.17, 15) is 14.4 Å². The SMILES string of the molecule is NC[13C](=O)N1CCC[C@H]1C(=O)N1CCC[C@H]1C(=O)O. The van der Waals surface area contributed by atoms with Crippen molar-refractivity contribution in [3.05, 3.63) is 0 Å². The summed E-state index contributed by atoms with van der Waals surface area (Å²) in [6.07, 6.45) is 2.53. The molecule has 0 aromatic rings. The van der Waals surface area contributed by atoms with Crippen LogP contribution in [0.2, 0.25) is 0 Å². The van der Waals surface area contributed by atoms with Crippen molar-refractivity contribution in [2.45, 2.75) is 37.8 Å². The minimum atomic E-state index is -0.972. The lowest BCUT2D eigenvalue weighted by atomic mass is 10.1. The van der Waals surface area contributed by atoms with Gasteiger partial charge in [-0.2, -0.15) is 0 Å². The van der Waals surface area contributed by atoms with Crippen LogP contribution in [0, 0.1) is 0 Å². The zero-order valence-electron chi connectivity index (χ0n) is 10.7. The third kappa shape index (κ3) is 2.56. The fourth-order valence-corrected chi connectivity index (χ4v) is 2.92. The fraction of sp³-hybridized carbons (Fsp3) is 0.750. The van der Waals surface area contributed by atoms with E-state index in [1.165, 1.54) is 9.80 Å². The lowest BCUT2D eigenvalue weighted by Crippen LogP contribution is -2.51. The number of nitrogens with zero attached hydrogens (tertiary/aromatic N) is 2. The molecule has 19 heavy (non-hydrogen) atoms. The predicted molar refractivity (Wildman–Crippen MR) is 66.2 cm³/mol. The van der Waals surface area contributed by atoms with E-state index in [-0.39, 0.29) is 18.4 Å². The quantitative estimate of drug-likeness (QED) is 0.641. The summed E-state index contributed by atoms with van der Waals surface area (Å²) in [5, 5.41) is 9.10. The normalized spacial score (nSPS) is 26.8. The first-order chi connectivity index (χ1) is 9.06. The number of aliphatic carboxylic acids is 1. The molecule has 106 valence electrons. The van der Waals surface area contributed by atoms with Gasteiger partial charge >= 0.3 is 5.97 Å². The summed E-state index contributed by atoms with van der Waals surface area (Å²) >= 11 is 0.